The molecule has 0 aromatic heterocycles. The van der Waals surface area contributed by atoms with Crippen LogP contribution in [0.1, 0.15) is 18.0 Å². The lowest BCUT2D eigenvalue weighted by atomic mass is 9.89. The number of hydrogen-bond donors (Lipinski definition) is 1. The Labute approximate surface area is 118 Å². The summed E-state index contributed by atoms with van der Waals surface area (Å²) in [6, 6.07) is 6.91. The molecule has 0 radical (unpaired) electrons. The first-order valence-corrected chi connectivity index (χ1v) is 6.48. The van der Waals surface area contributed by atoms with Crippen molar-refractivity contribution in [3.63, 3.8) is 0 Å². The Balaban J connectivity index is 2.18. The molecule has 1 saturated heterocycles. The quantitative estimate of drug-likeness (QED) is 0.658. The van der Waals surface area contributed by atoms with E-state index in [1.54, 1.807) is 0 Å². The van der Waals surface area contributed by atoms with Crippen LogP contribution < -0.4 is 5.32 Å². The van der Waals surface area contributed by atoms with Crippen molar-refractivity contribution in [3.05, 3.63) is 34.3 Å². The highest BCUT2D eigenvalue weighted by Gasteiger charge is 2.41. The van der Waals surface area contributed by atoms with Gasteiger partial charge in [0.25, 0.3) is 0 Å². The van der Waals surface area contributed by atoms with Gasteiger partial charge in [0.2, 0.25) is 5.91 Å². The van der Waals surface area contributed by atoms with Gasteiger partial charge in [0.15, 0.2) is 11.7 Å². The molecule has 1 N–H and O–H groups in total. The largest absolute Gasteiger partial charge is 0.468 e. The number of halogens is 1. The monoisotopic (exact) mass is 325 g/mol. The maximum Gasteiger partial charge on any atom is 0.325 e. The highest BCUT2D eigenvalue weighted by atomic mass is 79.9. The minimum Gasteiger partial charge on any atom is -0.468 e. The summed E-state index contributed by atoms with van der Waals surface area (Å²) in [5, 5.41) is 2.67. The molecule has 5 nitrogen and oxygen atoms in total. The van der Waals surface area contributed by atoms with Gasteiger partial charge in [-0.25, -0.2) is 0 Å². The highest BCUT2D eigenvalue weighted by molar-refractivity contribution is 9.10. The Kier molecular flexibility index (Phi) is 3.99. The van der Waals surface area contributed by atoms with Crippen molar-refractivity contribution < 1.29 is 19.1 Å². The van der Waals surface area contributed by atoms with Crippen LogP contribution in [0.5, 0.6) is 0 Å². The molecule has 1 amide bonds. The molecule has 1 aromatic carbocycles. The molecular weight excluding hydrogens is 314 g/mol. The third-order valence-corrected chi connectivity index (χ3v) is 3.54. The minimum absolute atomic E-state index is 0.0904. The zero-order valence-electron chi connectivity index (χ0n) is 10.2. The first kappa shape index (κ1) is 13.7. The van der Waals surface area contributed by atoms with E-state index in [1.807, 2.05) is 24.3 Å². The fraction of sp³-hybridized carbons (Fsp3) is 0.308. The number of ether oxygens (including phenoxy) is 1. The summed E-state index contributed by atoms with van der Waals surface area (Å²) < 4.78 is 5.37. The van der Waals surface area contributed by atoms with E-state index < -0.39 is 29.6 Å². The van der Waals surface area contributed by atoms with Gasteiger partial charge in [-0.15, -0.1) is 0 Å². The minimum atomic E-state index is -1.34. The lowest BCUT2D eigenvalue weighted by Crippen LogP contribution is -2.48. The summed E-state index contributed by atoms with van der Waals surface area (Å²) in [6.45, 7) is 0. The SMILES string of the molecule is COC(=O)[C@H]1C(=O)C[C@@H](c2ccc(Br)cc2)NC1=O. The average molecular weight is 326 g/mol. The number of benzene rings is 1. The van der Waals surface area contributed by atoms with Crippen molar-refractivity contribution in [3.8, 4) is 0 Å². The first-order chi connectivity index (χ1) is 9.02. The molecule has 0 spiro atoms. The van der Waals surface area contributed by atoms with Crippen LogP contribution in [-0.2, 0) is 19.1 Å². The zero-order chi connectivity index (χ0) is 14.0. The summed E-state index contributed by atoms with van der Waals surface area (Å²) in [5.74, 6) is -3.16. The Hall–Kier alpha value is -1.69. The third kappa shape index (κ3) is 2.84. The molecule has 100 valence electrons. The average Bonchev–Trinajstić information content (AvgIpc) is 2.38. The number of piperidine rings is 1. The molecule has 1 fully saturated rings. The van der Waals surface area contributed by atoms with Gasteiger partial charge in [-0.05, 0) is 17.7 Å². The standard InChI is InChI=1S/C13H12BrNO4/c1-19-13(18)11-10(16)6-9(15-12(11)17)7-2-4-8(14)5-3-7/h2-5,9,11H,6H2,1H3,(H,15,17)/t9-,11-/m0/s1. The van der Waals surface area contributed by atoms with Crippen molar-refractivity contribution in [1.29, 1.82) is 0 Å². The maximum absolute atomic E-state index is 11.9. The van der Waals surface area contributed by atoms with Crippen molar-refractivity contribution in [2.24, 2.45) is 5.92 Å². The van der Waals surface area contributed by atoms with E-state index in [-0.39, 0.29) is 6.42 Å². The van der Waals surface area contributed by atoms with Crippen LogP contribution in [0.25, 0.3) is 0 Å². The lowest BCUT2D eigenvalue weighted by Gasteiger charge is -2.27. The Bertz CT molecular complexity index is 508. The van der Waals surface area contributed by atoms with Gasteiger partial charge in [0.05, 0.1) is 13.2 Å². The third-order valence-electron chi connectivity index (χ3n) is 3.02. The van der Waals surface area contributed by atoms with Crippen molar-refractivity contribution in [2.75, 3.05) is 7.11 Å². The molecular formula is C13H12BrNO4. The van der Waals surface area contributed by atoms with Gasteiger partial charge < -0.3 is 10.1 Å². The number of Topliss-reactive ketones (excluding diaryl/α,β-unsaturated/α-hetero) is 1. The molecule has 6 heteroatoms. The van der Waals surface area contributed by atoms with Crippen LogP contribution in [0.4, 0.5) is 0 Å². The van der Waals surface area contributed by atoms with Gasteiger partial charge in [-0.1, -0.05) is 28.1 Å². The van der Waals surface area contributed by atoms with Crippen LogP contribution in [0.2, 0.25) is 0 Å². The van der Waals surface area contributed by atoms with Crippen molar-refractivity contribution in [1.82, 2.24) is 5.32 Å². The van der Waals surface area contributed by atoms with E-state index in [1.165, 1.54) is 0 Å². The topological polar surface area (TPSA) is 72.5 Å². The maximum atomic E-state index is 11.9. The van der Waals surface area contributed by atoms with E-state index in [0.717, 1.165) is 17.1 Å². The van der Waals surface area contributed by atoms with Gasteiger partial charge in [-0.3, -0.25) is 14.4 Å². The van der Waals surface area contributed by atoms with Gasteiger partial charge >= 0.3 is 5.97 Å². The summed E-state index contributed by atoms with van der Waals surface area (Å²) in [7, 11) is 1.16. The second-order valence-electron chi connectivity index (χ2n) is 4.24. The number of carbonyl (C=O) groups is 3. The molecule has 2 atom stereocenters. The van der Waals surface area contributed by atoms with E-state index >= 15 is 0 Å². The van der Waals surface area contributed by atoms with Crippen LogP contribution >= 0.6 is 15.9 Å². The zero-order valence-corrected chi connectivity index (χ0v) is 11.8. The molecule has 2 rings (SSSR count). The molecule has 19 heavy (non-hydrogen) atoms. The van der Waals surface area contributed by atoms with Crippen molar-refractivity contribution >= 4 is 33.6 Å². The van der Waals surface area contributed by atoms with Crippen LogP contribution in [0.15, 0.2) is 28.7 Å². The van der Waals surface area contributed by atoms with Crippen molar-refractivity contribution in [2.45, 2.75) is 12.5 Å². The van der Waals surface area contributed by atoms with Crippen LogP contribution in [-0.4, -0.2) is 24.8 Å². The molecule has 0 bridgehead atoms. The van der Waals surface area contributed by atoms with E-state index in [0.29, 0.717) is 0 Å². The Morgan fingerprint density at radius 3 is 2.47 bits per heavy atom. The number of esters is 1. The van der Waals surface area contributed by atoms with Gasteiger partial charge in [0, 0.05) is 10.9 Å². The summed E-state index contributed by atoms with van der Waals surface area (Å²) in [6.07, 6.45) is 0.0904. The molecule has 0 aliphatic carbocycles. The predicted molar refractivity (Wildman–Crippen MR) is 70.2 cm³/mol. The number of amides is 1. The van der Waals surface area contributed by atoms with Crippen LogP contribution in [0, 0.1) is 5.92 Å². The number of ketones is 1. The van der Waals surface area contributed by atoms with Gasteiger partial charge in [-0.2, -0.15) is 0 Å². The molecule has 1 aromatic rings. The van der Waals surface area contributed by atoms with E-state index in [2.05, 4.69) is 26.0 Å². The first-order valence-electron chi connectivity index (χ1n) is 5.69. The fourth-order valence-corrected chi connectivity index (χ4v) is 2.29. The fourth-order valence-electron chi connectivity index (χ4n) is 2.02. The Morgan fingerprint density at radius 2 is 1.95 bits per heavy atom. The smallest absolute Gasteiger partial charge is 0.325 e. The lowest BCUT2D eigenvalue weighted by molar-refractivity contribution is -0.155. The van der Waals surface area contributed by atoms with Gasteiger partial charge in [0.1, 0.15) is 0 Å². The number of hydrogen-bond acceptors (Lipinski definition) is 4. The highest BCUT2D eigenvalue weighted by Crippen LogP contribution is 2.25. The van der Waals surface area contributed by atoms with E-state index in [4.69, 9.17) is 0 Å². The summed E-state index contributed by atoms with van der Waals surface area (Å²) in [5.41, 5.74) is 0.827. The normalized spacial score (nSPS) is 22.8. The van der Waals surface area contributed by atoms with Crippen LogP contribution in [0.3, 0.4) is 0 Å². The number of methoxy groups -OCH3 is 1. The molecule has 1 aliphatic heterocycles. The number of carbonyl (C=O) groups excluding carboxylic acids is 3. The number of rotatable bonds is 2. The molecule has 0 saturated carbocycles. The molecule has 1 aliphatic rings. The summed E-state index contributed by atoms with van der Waals surface area (Å²) >= 11 is 3.32. The number of nitrogens with one attached hydrogen (secondary N) is 1. The predicted octanol–water partition coefficient (Wildman–Crippen LogP) is 1.37. The second kappa shape index (κ2) is 5.52. The molecule has 0 unspecified atom stereocenters. The summed E-state index contributed by atoms with van der Waals surface area (Å²) in [4.78, 5) is 35.1. The van der Waals surface area contributed by atoms with E-state index in [9.17, 15) is 14.4 Å². The Morgan fingerprint density at radius 1 is 1.32 bits per heavy atom. The second-order valence-corrected chi connectivity index (χ2v) is 5.16. The molecule has 1 heterocycles.